The van der Waals surface area contributed by atoms with Crippen LogP contribution >= 0.6 is 0 Å². The molecule has 0 amide bonds. The van der Waals surface area contributed by atoms with Crippen LogP contribution in [0.4, 0.5) is 13.2 Å². The number of alkyl halides is 3. The third-order valence-electron chi connectivity index (χ3n) is 2.41. The van der Waals surface area contributed by atoms with Crippen LogP contribution in [0.1, 0.15) is 16.1 Å². The lowest BCUT2D eigenvalue weighted by Crippen LogP contribution is -2.08. The molecular formula is C13H8F3NO2. The van der Waals surface area contributed by atoms with E-state index in [-0.39, 0.29) is 22.6 Å². The Kier molecular flexibility index (Phi) is 3.25. The highest BCUT2D eigenvalue weighted by Gasteiger charge is 2.32. The Bertz CT molecular complexity index is 624. The van der Waals surface area contributed by atoms with Gasteiger partial charge in [0.1, 0.15) is 17.7 Å². The minimum atomic E-state index is -4.54. The monoisotopic (exact) mass is 267 g/mol. The summed E-state index contributed by atoms with van der Waals surface area (Å²) in [5.74, 6) is -0.209. The van der Waals surface area contributed by atoms with Gasteiger partial charge in [0, 0.05) is 11.1 Å². The van der Waals surface area contributed by atoms with Gasteiger partial charge in [-0.1, -0.05) is 6.07 Å². The molecule has 0 saturated heterocycles. The van der Waals surface area contributed by atoms with Gasteiger partial charge in [-0.3, -0.25) is 4.79 Å². The number of carbonyl (C=O) groups is 1. The summed E-state index contributed by atoms with van der Waals surface area (Å²) in [6, 6.07) is 7.26. The summed E-state index contributed by atoms with van der Waals surface area (Å²) in [5, 5.41) is 9.41. The fourth-order valence-corrected chi connectivity index (χ4v) is 1.60. The number of aromatic hydroxyl groups is 1. The third kappa shape index (κ3) is 2.90. The van der Waals surface area contributed by atoms with Gasteiger partial charge in [0.05, 0.1) is 5.69 Å². The van der Waals surface area contributed by atoms with Crippen LogP contribution in [0.3, 0.4) is 0 Å². The molecule has 0 atom stereocenters. The van der Waals surface area contributed by atoms with Gasteiger partial charge >= 0.3 is 6.18 Å². The van der Waals surface area contributed by atoms with Crippen LogP contribution in [0, 0.1) is 0 Å². The average Bonchev–Trinajstić information content (AvgIpc) is 2.37. The summed E-state index contributed by atoms with van der Waals surface area (Å²) in [6.45, 7) is 0. The van der Waals surface area contributed by atoms with Gasteiger partial charge in [0.2, 0.25) is 0 Å². The Labute approximate surface area is 106 Å². The van der Waals surface area contributed by atoms with E-state index in [0.717, 1.165) is 6.07 Å². The van der Waals surface area contributed by atoms with E-state index >= 15 is 0 Å². The van der Waals surface area contributed by atoms with Gasteiger partial charge in [-0.05, 0) is 30.3 Å². The zero-order valence-corrected chi connectivity index (χ0v) is 9.48. The molecule has 0 aliphatic rings. The topological polar surface area (TPSA) is 50.2 Å². The number of phenolic OH excluding ortho intramolecular Hbond substituents is 1. The molecule has 6 heteroatoms. The van der Waals surface area contributed by atoms with Crippen LogP contribution in [-0.4, -0.2) is 16.4 Å². The molecule has 98 valence electrons. The number of benzene rings is 1. The van der Waals surface area contributed by atoms with Crippen molar-refractivity contribution >= 4 is 6.29 Å². The van der Waals surface area contributed by atoms with E-state index in [0.29, 0.717) is 6.29 Å². The number of hydrogen-bond donors (Lipinski definition) is 1. The molecule has 0 radical (unpaired) electrons. The smallest absolute Gasteiger partial charge is 0.433 e. The molecule has 0 spiro atoms. The zero-order chi connectivity index (χ0) is 14.0. The number of aldehydes is 1. The lowest BCUT2D eigenvalue weighted by atomic mass is 10.1. The maximum absolute atomic E-state index is 12.5. The second-order valence-electron chi connectivity index (χ2n) is 3.84. The Morgan fingerprint density at radius 1 is 1.16 bits per heavy atom. The van der Waals surface area contributed by atoms with E-state index in [1.165, 1.54) is 30.3 Å². The minimum absolute atomic E-state index is 0.0359. The van der Waals surface area contributed by atoms with Crippen LogP contribution in [0.15, 0.2) is 36.4 Å². The molecule has 0 aliphatic carbocycles. The lowest BCUT2D eigenvalue weighted by molar-refractivity contribution is -0.141. The normalized spacial score (nSPS) is 11.3. The summed E-state index contributed by atoms with van der Waals surface area (Å²) < 4.78 is 37.6. The number of pyridine rings is 1. The highest BCUT2D eigenvalue weighted by molar-refractivity contribution is 5.79. The molecule has 1 heterocycles. The summed E-state index contributed by atoms with van der Waals surface area (Å²) in [4.78, 5) is 14.1. The standard InChI is InChI=1S/C13H8F3NO2/c14-13(15,16)12-3-1-2-11(17-12)9-4-8(7-18)5-10(19)6-9/h1-7,19H. The van der Waals surface area contributed by atoms with E-state index in [1.807, 2.05) is 0 Å². The van der Waals surface area contributed by atoms with Crippen molar-refractivity contribution in [2.75, 3.05) is 0 Å². The van der Waals surface area contributed by atoms with Gasteiger partial charge in [-0.15, -0.1) is 0 Å². The van der Waals surface area contributed by atoms with Crippen LogP contribution in [-0.2, 0) is 6.18 Å². The molecule has 1 aromatic heterocycles. The predicted molar refractivity (Wildman–Crippen MR) is 61.7 cm³/mol. The molecule has 1 aromatic carbocycles. The molecule has 0 aliphatic heterocycles. The summed E-state index contributed by atoms with van der Waals surface area (Å²) in [7, 11) is 0. The molecule has 3 nitrogen and oxygen atoms in total. The van der Waals surface area contributed by atoms with E-state index in [9.17, 15) is 23.1 Å². The first-order chi connectivity index (χ1) is 8.90. The molecule has 0 fully saturated rings. The average molecular weight is 267 g/mol. The third-order valence-corrected chi connectivity index (χ3v) is 2.41. The number of phenols is 1. The number of carbonyl (C=O) groups excluding carboxylic acids is 1. The SMILES string of the molecule is O=Cc1cc(O)cc(-c2cccc(C(F)(F)F)n2)c1. The number of rotatable bonds is 2. The van der Waals surface area contributed by atoms with E-state index in [2.05, 4.69) is 4.98 Å². The maximum atomic E-state index is 12.5. The lowest BCUT2D eigenvalue weighted by Gasteiger charge is -2.08. The van der Waals surface area contributed by atoms with Crippen molar-refractivity contribution in [2.45, 2.75) is 6.18 Å². The van der Waals surface area contributed by atoms with Crippen molar-refractivity contribution < 1.29 is 23.1 Å². The van der Waals surface area contributed by atoms with Crippen molar-refractivity contribution in [1.29, 1.82) is 0 Å². The molecule has 0 saturated carbocycles. The summed E-state index contributed by atoms with van der Waals surface area (Å²) in [5.41, 5.74) is -0.586. The largest absolute Gasteiger partial charge is 0.508 e. The van der Waals surface area contributed by atoms with Gasteiger partial charge in [0.25, 0.3) is 0 Å². The van der Waals surface area contributed by atoms with Crippen molar-refractivity contribution in [3.8, 4) is 17.0 Å². The highest BCUT2D eigenvalue weighted by atomic mass is 19.4. The van der Waals surface area contributed by atoms with Crippen LogP contribution in [0.5, 0.6) is 5.75 Å². The highest BCUT2D eigenvalue weighted by Crippen LogP contribution is 2.30. The van der Waals surface area contributed by atoms with Gasteiger partial charge in [-0.2, -0.15) is 13.2 Å². The quantitative estimate of drug-likeness (QED) is 0.849. The molecule has 0 unspecified atom stereocenters. The van der Waals surface area contributed by atoms with Gasteiger partial charge < -0.3 is 5.11 Å². The summed E-state index contributed by atoms with van der Waals surface area (Å²) >= 11 is 0. The molecular weight excluding hydrogens is 259 g/mol. The number of halogens is 3. The summed E-state index contributed by atoms with van der Waals surface area (Å²) in [6.07, 6.45) is -4.04. The Morgan fingerprint density at radius 3 is 2.53 bits per heavy atom. The predicted octanol–water partition coefficient (Wildman–Crippen LogP) is 3.29. The van der Waals surface area contributed by atoms with E-state index in [4.69, 9.17) is 0 Å². The Balaban J connectivity index is 2.53. The van der Waals surface area contributed by atoms with Gasteiger partial charge in [-0.25, -0.2) is 4.98 Å². The number of nitrogens with zero attached hydrogens (tertiary/aromatic N) is 1. The second-order valence-corrected chi connectivity index (χ2v) is 3.84. The number of hydrogen-bond acceptors (Lipinski definition) is 3. The number of aromatic nitrogens is 1. The van der Waals surface area contributed by atoms with Crippen LogP contribution in [0.2, 0.25) is 0 Å². The molecule has 0 bridgehead atoms. The molecule has 1 N–H and O–H groups in total. The minimum Gasteiger partial charge on any atom is -0.508 e. The molecule has 2 rings (SSSR count). The zero-order valence-electron chi connectivity index (χ0n) is 9.48. The van der Waals surface area contributed by atoms with Crippen molar-refractivity contribution in [3.05, 3.63) is 47.7 Å². The second kappa shape index (κ2) is 4.72. The van der Waals surface area contributed by atoms with Crippen molar-refractivity contribution in [2.24, 2.45) is 0 Å². The van der Waals surface area contributed by atoms with Crippen LogP contribution < -0.4 is 0 Å². The Morgan fingerprint density at radius 2 is 1.89 bits per heavy atom. The first kappa shape index (κ1) is 13.1. The van der Waals surface area contributed by atoms with Crippen molar-refractivity contribution in [3.63, 3.8) is 0 Å². The van der Waals surface area contributed by atoms with Crippen LogP contribution in [0.25, 0.3) is 11.3 Å². The first-order valence-corrected chi connectivity index (χ1v) is 5.24. The molecule has 2 aromatic rings. The fourth-order valence-electron chi connectivity index (χ4n) is 1.60. The van der Waals surface area contributed by atoms with Crippen molar-refractivity contribution in [1.82, 2.24) is 4.98 Å². The van der Waals surface area contributed by atoms with Gasteiger partial charge in [0.15, 0.2) is 0 Å². The fraction of sp³-hybridized carbons (Fsp3) is 0.0769. The van der Waals surface area contributed by atoms with E-state index < -0.39 is 11.9 Å². The Hall–Kier alpha value is -2.37. The van der Waals surface area contributed by atoms with E-state index in [1.54, 1.807) is 0 Å². The first-order valence-electron chi connectivity index (χ1n) is 5.24. The molecule has 19 heavy (non-hydrogen) atoms. The maximum Gasteiger partial charge on any atom is 0.433 e.